The highest BCUT2D eigenvalue weighted by Crippen LogP contribution is 2.32. The first-order chi connectivity index (χ1) is 9.47. The second-order valence-corrected chi connectivity index (χ2v) is 4.22. The maximum atomic E-state index is 13.0. The molecule has 0 fully saturated rings. The van der Waals surface area contributed by atoms with Gasteiger partial charge in [0.1, 0.15) is 11.6 Å². The van der Waals surface area contributed by atoms with E-state index in [1.165, 1.54) is 6.07 Å². The molecule has 2 aromatic rings. The molecule has 2 aromatic carbocycles. The first kappa shape index (κ1) is 14.0. The van der Waals surface area contributed by atoms with Gasteiger partial charge in [0.25, 0.3) is 0 Å². The summed E-state index contributed by atoms with van der Waals surface area (Å²) in [6, 6.07) is 9.55. The predicted molar refractivity (Wildman–Crippen MR) is 70.2 cm³/mol. The molecular weight excluding hydrogens is 265 g/mol. The molecule has 0 radical (unpaired) electrons. The molecule has 0 aliphatic carbocycles. The number of hydrogen-bond donors (Lipinski definition) is 1. The number of aliphatic hydroxyl groups excluding tert-OH is 1. The number of rotatable bonds is 4. The minimum absolute atomic E-state index is 0.0406. The molecule has 0 bridgehead atoms. The van der Waals surface area contributed by atoms with Crippen molar-refractivity contribution in [3.8, 4) is 11.5 Å². The van der Waals surface area contributed by atoms with Crippen LogP contribution in [-0.2, 0) is 0 Å². The maximum Gasteiger partial charge on any atom is 0.314 e. The van der Waals surface area contributed by atoms with Crippen LogP contribution in [0.4, 0.5) is 10.1 Å². The van der Waals surface area contributed by atoms with Crippen LogP contribution < -0.4 is 4.74 Å². The van der Waals surface area contributed by atoms with Gasteiger partial charge in [-0.2, -0.15) is 0 Å². The third-order valence-corrected chi connectivity index (χ3v) is 2.71. The number of aliphatic hydroxyl groups is 1. The van der Waals surface area contributed by atoms with Gasteiger partial charge in [-0.1, -0.05) is 12.1 Å². The van der Waals surface area contributed by atoms with E-state index in [-0.39, 0.29) is 5.75 Å². The van der Waals surface area contributed by atoms with Gasteiger partial charge in [0.05, 0.1) is 17.1 Å². The van der Waals surface area contributed by atoms with Crippen molar-refractivity contribution in [2.45, 2.75) is 13.0 Å². The van der Waals surface area contributed by atoms with Crippen molar-refractivity contribution in [1.82, 2.24) is 0 Å². The summed E-state index contributed by atoms with van der Waals surface area (Å²) in [5, 5.41) is 20.2. The van der Waals surface area contributed by atoms with E-state index in [0.717, 1.165) is 12.1 Å². The molecule has 0 aliphatic rings. The van der Waals surface area contributed by atoms with Gasteiger partial charge < -0.3 is 9.84 Å². The largest absolute Gasteiger partial charge is 0.450 e. The summed E-state index contributed by atoms with van der Waals surface area (Å²) >= 11 is 0. The lowest BCUT2D eigenvalue weighted by molar-refractivity contribution is -0.385. The number of hydrogen-bond acceptors (Lipinski definition) is 4. The van der Waals surface area contributed by atoms with E-state index in [0.29, 0.717) is 11.3 Å². The predicted octanol–water partition coefficient (Wildman–Crippen LogP) is 3.58. The lowest BCUT2D eigenvalue weighted by Crippen LogP contribution is -1.95. The van der Waals surface area contributed by atoms with Gasteiger partial charge in [0, 0.05) is 0 Å². The summed E-state index contributed by atoms with van der Waals surface area (Å²) in [7, 11) is 0. The average molecular weight is 277 g/mol. The monoisotopic (exact) mass is 277 g/mol. The van der Waals surface area contributed by atoms with Gasteiger partial charge in [0.15, 0.2) is 0 Å². The Labute approximate surface area is 114 Å². The van der Waals surface area contributed by atoms with Crippen LogP contribution in [0.15, 0.2) is 42.5 Å². The van der Waals surface area contributed by atoms with Gasteiger partial charge in [-0.25, -0.2) is 4.39 Å². The number of nitro benzene ring substituents is 1. The number of halogens is 1. The summed E-state index contributed by atoms with van der Waals surface area (Å²) in [5.74, 6) is -0.376. The molecule has 0 saturated heterocycles. The summed E-state index contributed by atoms with van der Waals surface area (Å²) in [5.41, 5.74) is 0.260. The standard InChI is InChI=1S/C14H12FNO4/c1-9(17)10-2-5-12(6-3-10)20-14-7-4-11(15)8-13(14)16(18)19/h2-9,17H,1H3/t9-/m0/s1. The molecule has 1 N–H and O–H groups in total. The third kappa shape index (κ3) is 3.10. The first-order valence-corrected chi connectivity index (χ1v) is 5.87. The van der Waals surface area contributed by atoms with Gasteiger partial charge in [0.2, 0.25) is 5.75 Å². The van der Waals surface area contributed by atoms with Gasteiger partial charge in [-0.15, -0.1) is 0 Å². The maximum absolute atomic E-state index is 13.0. The fraction of sp³-hybridized carbons (Fsp3) is 0.143. The average Bonchev–Trinajstić information content (AvgIpc) is 2.41. The highest BCUT2D eigenvalue weighted by Gasteiger charge is 2.17. The lowest BCUT2D eigenvalue weighted by Gasteiger charge is -2.08. The van der Waals surface area contributed by atoms with E-state index in [2.05, 4.69) is 0 Å². The summed E-state index contributed by atoms with van der Waals surface area (Å²) in [4.78, 5) is 10.1. The van der Waals surface area contributed by atoms with Crippen molar-refractivity contribution in [2.75, 3.05) is 0 Å². The molecule has 0 spiro atoms. The molecule has 5 nitrogen and oxygen atoms in total. The van der Waals surface area contributed by atoms with Gasteiger partial charge in [-0.3, -0.25) is 10.1 Å². The molecule has 0 saturated carbocycles. The second-order valence-electron chi connectivity index (χ2n) is 4.22. The number of nitrogens with zero attached hydrogens (tertiary/aromatic N) is 1. The van der Waals surface area contributed by atoms with E-state index in [1.54, 1.807) is 31.2 Å². The Morgan fingerprint density at radius 3 is 2.45 bits per heavy atom. The van der Waals surface area contributed by atoms with Crippen molar-refractivity contribution < 1.29 is 19.2 Å². The molecule has 0 amide bonds. The minimum Gasteiger partial charge on any atom is -0.450 e. The number of ether oxygens (including phenoxy) is 1. The minimum atomic E-state index is -0.706. The van der Waals surface area contributed by atoms with Crippen LogP contribution in [0.2, 0.25) is 0 Å². The smallest absolute Gasteiger partial charge is 0.314 e. The van der Waals surface area contributed by atoms with E-state index in [4.69, 9.17) is 4.74 Å². The zero-order valence-electron chi connectivity index (χ0n) is 10.6. The molecule has 104 valence electrons. The Balaban J connectivity index is 2.28. The molecule has 2 rings (SSSR count). The normalized spacial score (nSPS) is 11.9. The Kier molecular flexibility index (Phi) is 3.95. The number of benzene rings is 2. The zero-order chi connectivity index (χ0) is 14.7. The SMILES string of the molecule is C[C@H](O)c1ccc(Oc2ccc(F)cc2[N+](=O)[O-])cc1. The van der Waals surface area contributed by atoms with Crippen LogP contribution >= 0.6 is 0 Å². The topological polar surface area (TPSA) is 72.6 Å². The molecule has 0 unspecified atom stereocenters. The fourth-order valence-electron chi connectivity index (χ4n) is 1.66. The first-order valence-electron chi connectivity index (χ1n) is 5.87. The van der Waals surface area contributed by atoms with E-state index in [9.17, 15) is 19.6 Å². The highest BCUT2D eigenvalue weighted by atomic mass is 19.1. The molecule has 0 aliphatic heterocycles. The van der Waals surface area contributed by atoms with Crippen molar-refractivity contribution >= 4 is 5.69 Å². The van der Waals surface area contributed by atoms with E-state index >= 15 is 0 Å². The zero-order valence-corrected chi connectivity index (χ0v) is 10.6. The van der Waals surface area contributed by atoms with Crippen LogP contribution in [0.25, 0.3) is 0 Å². The third-order valence-electron chi connectivity index (χ3n) is 2.71. The molecular formula is C14H12FNO4. The van der Waals surface area contributed by atoms with E-state index in [1.807, 2.05) is 0 Å². The van der Waals surface area contributed by atoms with Crippen molar-refractivity contribution in [2.24, 2.45) is 0 Å². The summed E-state index contributed by atoms with van der Waals surface area (Å²) in [6.07, 6.45) is -0.607. The molecule has 6 heteroatoms. The van der Waals surface area contributed by atoms with Crippen molar-refractivity contribution in [1.29, 1.82) is 0 Å². The number of nitro groups is 1. The molecule has 0 aromatic heterocycles. The Hall–Kier alpha value is -2.47. The van der Waals surface area contributed by atoms with Gasteiger partial charge >= 0.3 is 5.69 Å². The molecule has 20 heavy (non-hydrogen) atoms. The Morgan fingerprint density at radius 1 is 1.25 bits per heavy atom. The van der Waals surface area contributed by atoms with Crippen molar-refractivity contribution in [3.05, 3.63) is 64.0 Å². The van der Waals surface area contributed by atoms with Crippen LogP contribution in [0.3, 0.4) is 0 Å². The summed E-state index contributed by atoms with van der Waals surface area (Å²) in [6.45, 7) is 1.63. The molecule has 0 heterocycles. The van der Waals surface area contributed by atoms with Crippen LogP contribution in [0.1, 0.15) is 18.6 Å². The fourth-order valence-corrected chi connectivity index (χ4v) is 1.66. The Bertz CT molecular complexity index is 626. The van der Waals surface area contributed by atoms with Crippen molar-refractivity contribution in [3.63, 3.8) is 0 Å². The van der Waals surface area contributed by atoms with Gasteiger partial charge in [-0.05, 0) is 36.8 Å². The quantitative estimate of drug-likeness (QED) is 0.684. The van der Waals surface area contributed by atoms with Crippen LogP contribution in [0, 0.1) is 15.9 Å². The summed E-state index contributed by atoms with van der Waals surface area (Å²) < 4.78 is 18.4. The molecule has 1 atom stereocenters. The van der Waals surface area contributed by atoms with Crippen LogP contribution in [0.5, 0.6) is 11.5 Å². The lowest BCUT2D eigenvalue weighted by atomic mass is 10.1. The van der Waals surface area contributed by atoms with E-state index < -0.39 is 22.5 Å². The van der Waals surface area contributed by atoms with Crippen LogP contribution in [-0.4, -0.2) is 10.0 Å². The highest BCUT2D eigenvalue weighted by molar-refractivity contribution is 5.48. The Morgan fingerprint density at radius 2 is 1.90 bits per heavy atom. The second kappa shape index (κ2) is 5.66.